The second kappa shape index (κ2) is 7.76. The number of carbonyl (C=O) groups excluding carboxylic acids is 2. The Hall–Kier alpha value is -1.93. The number of morpholine rings is 1. The third-order valence-corrected chi connectivity index (χ3v) is 4.67. The van der Waals surface area contributed by atoms with Crippen LogP contribution in [-0.2, 0) is 19.4 Å². The molecule has 132 valence electrons. The number of ether oxygens (including phenoxy) is 1. The molecule has 0 radical (unpaired) electrons. The topological polar surface area (TPSA) is 92.8 Å². The highest BCUT2D eigenvalue weighted by Gasteiger charge is 2.24. The second-order valence-corrected chi connectivity index (χ2v) is 8.19. The summed E-state index contributed by atoms with van der Waals surface area (Å²) in [6.45, 7) is 3.48. The molecule has 0 aliphatic carbocycles. The minimum Gasteiger partial charge on any atom is -0.377 e. The molecule has 7 nitrogen and oxygen atoms in total. The summed E-state index contributed by atoms with van der Waals surface area (Å²) in [7, 11) is -3.19. The Kier molecular flexibility index (Phi) is 5.95. The van der Waals surface area contributed by atoms with E-state index in [1.807, 2.05) is 6.92 Å². The predicted molar refractivity (Wildman–Crippen MR) is 90.7 cm³/mol. The van der Waals surface area contributed by atoms with Gasteiger partial charge in [-0.2, -0.15) is 0 Å². The summed E-state index contributed by atoms with van der Waals surface area (Å²) in [5.41, 5.74) is 0.949. The number of anilines is 1. The van der Waals surface area contributed by atoms with Gasteiger partial charge in [0.1, 0.15) is 9.84 Å². The Morgan fingerprint density at radius 2 is 2.12 bits per heavy atom. The fourth-order valence-corrected chi connectivity index (χ4v) is 2.98. The highest BCUT2D eigenvalue weighted by Crippen LogP contribution is 2.16. The lowest BCUT2D eigenvalue weighted by Gasteiger charge is -2.33. The fourth-order valence-electron chi connectivity index (χ4n) is 2.43. The van der Waals surface area contributed by atoms with Crippen molar-refractivity contribution in [2.24, 2.45) is 0 Å². The second-order valence-electron chi connectivity index (χ2n) is 5.93. The van der Waals surface area contributed by atoms with Gasteiger partial charge in [0.05, 0.1) is 25.0 Å². The fraction of sp³-hybridized carbons (Fsp3) is 0.500. The average molecular weight is 354 g/mol. The monoisotopic (exact) mass is 354 g/mol. The smallest absolute Gasteiger partial charge is 0.254 e. The predicted octanol–water partition coefficient (Wildman–Crippen LogP) is 0.921. The van der Waals surface area contributed by atoms with Gasteiger partial charge >= 0.3 is 0 Å². The van der Waals surface area contributed by atoms with E-state index in [4.69, 9.17) is 4.74 Å². The van der Waals surface area contributed by atoms with Crippen molar-refractivity contribution in [1.29, 1.82) is 0 Å². The Labute approximate surface area is 141 Å². The van der Waals surface area contributed by atoms with E-state index in [-0.39, 0.29) is 24.1 Å². The zero-order chi connectivity index (χ0) is 17.7. The first kappa shape index (κ1) is 18.4. The highest BCUT2D eigenvalue weighted by molar-refractivity contribution is 7.90. The van der Waals surface area contributed by atoms with Crippen molar-refractivity contribution in [1.82, 2.24) is 4.90 Å². The molecule has 1 N–H and O–H groups in total. The van der Waals surface area contributed by atoms with Crippen molar-refractivity contribution in [2.75, 3.05) is 37.1 Å². The molecule has 1 aromatic carbocycles. The lowest BCUT2D eigenvalue weighted by atomic mass is 10.1. The summed E-state index contributed by atoms with van der Waals surface area (Å²) in [6.07, 6.45) is 0.973. The molecule has 1 heterocycles. The van der Waals surface area contributed by atoms with Gasteiger partial charge in [0.25, 0.3) is 5.91 Å². The first-order valence-corrected chi connectivity index (χ1v) is 9.78. The van der Waals surface area contributed by atoms with Gasteiger partial charge in [-0.25, -0.2) is 8.42 Å². The normalized spacial score (nSPS) is 18.2. The maximum atomic E-state index is 12.6. The van der Waals surface area contributed by atoms with Crippen molar-refractivity contribution in [2.45, 2.75) is 19.4 Å². The van der Waals surface area contributed by atoms with Gasteiger partial charge in [-0.15, -0.1) is 0 Å². The number of benzene rings is 1. The first-order valence-electron chi connectivity index (χ1n) is 7.72. The minimum absolute atomic E-state index is 0.000687. The van der Waals surface area contributed by atoms with Crippen LogP contribution >= 0.6 is 0 Å². The van der Waals surface area contributed by atoms with E-state index in [0.717, 1.165) is 6.26 Å². The molecular weight excluding hydrogens is 332 g/mol. The zero-order valence-electron chi connectivity index (χ0n) is 13.8. The number of sulfone groups is 1. The van der Waals surface area contributed by atoms with Crippen LogP contribution in [0.2, 0.25) is 0 Å². The molecule has 1 atom stereocenters. The van der Waals surface area contributed by atoms with Crippen LogP contribution in [0.25, 0.3) is 0 Å². The SMILES string of the molecule is CC1COCCN1C(=O)c1cccc(NC(=O)CCS(C)(=O)=O)c1. The Morgan fingerprint density at radius 3 is 2.79 bits per heavy atom. The molecule has 1 unspecified atom stereocenters. The Morgan fingerprint density at radius 1 is 1.38 bits per heavy atom. The minimum atomic E-state index is -3.19. The Bertz CT molecular complexity index is 717. The third kappa shape index (κ3) is 5.31. The average Bonchev–Trinajstić information content (AvgIpc) is 2.52. The number of amides is 2. The Balaban J connectivity index is 2.03. The molecule has 1 aromatic rings. The lowest BCUT2D eigenvalue weighted by Crippen LogP contribution is -2.47. The standard InChI is InChI=1S/C16H22N2O5S/c1-12-11-23-8-7-18(12)16(20)13-4-3-5-14(10-13)17-15(19)6-9-24(2,21)22/h3-5,10,12H,6-9,11H2,1-2H3,(H,17,19). The molecule has 8 heteroatoms. The van der Waals surface area contributed by atoms with Crippen molar-refractivity contribution in [3.05, 3.63) is 29.8 Å². The largest absolute Gasteiger partial charge is 0.377 e. The zero-order valence-corrected chi connectivity index (χ0v) is 14.6. The van der Waals surface area contributed by atoms with Gasteiger partial charge in [-0.3, -0.25) is 9.59 Å². The van der Waals surface area contributed by atoms with E-state index in [2.05, 4.69) is 5.32 Å². The molecule has 0 bridgehead atoms. The maximum Gasteiger partial charge on any atom is 0.254 e. The molecule has 1 aliphatic heterocycles. The van der Waals surface area contributed by atoms with Crippen molar-refractivity contribution in [3.8, 4) is 0 Å². The van der Waals surface area contributed by atoms with E-state index < -0.39 is 15.7 Å². The first-order chi connectivity index (χ1) is 11.3. The van der Waals surface area contributed by atoms with Crippen molar-refractivity contribution in [3.63, 3.8) is 0 Å². The van der Waals surface area contributed by atoms with Gasteiger partial charge in [0, 0.05) is 30.5 Å². The number of nitrogens with zero attached hydrogens (tertiary/aromatic N) is 1. The van der Waals surface area contributed by atoms with Gasteiger partial charge in [-0.05, 0) is 25.1 Å². The molecule has 24 heavy (non-hydrogen) atoms. The third-order valence-electron chi connectivity index (χ3n) is 3.72. The summed E-state index contributed by atoms with van der Waals surface area (Å²) >= 11 is 0. The molecule has 1 saturated heterocycles. The highest BCUT2D eigenvalue weighted by atomic mass is 32.2. The number of carbonyl (C=O) groups is 2. The molecule has 1 fully saturated rings. The molecule has 0 saturated carbocycles. The van der Waals surface area contributed by atoms with Crippen LogP contribution in [0.15, 0.2) is 24.3 Å². The number of hydrogen-bond acceptors (Lipinski definition) is 5. The van der Waals surface area contributed by atoms with Crippen LogP contribution in [0, 0.1) is 0 Å². The van der Waals surface area contributed by atoms with Crippen LogP contribution in [-0.4, -0.2) is 62.9 Å². The van der Waals surface area contributed by atoms with E-state index in [1.165, 1.54) is 0 Å². The molecule has 2 rings (SSSR count). The van der Waals surface area contributed by atoms with Gasteiger partial charge < -0.3 is 15.0 Å². The summed E-state index contributed by atoms with van der Waals surface area (Å²) in [6, 6.07) is 6.64. The van der Waals surface area contributed by atoms with Gasteiger partial charge in [0.15, 0.2) is 0 Å². The number of nitrogens with one attached hydrogen (secondary N) is 1. The summed E-state index contributed by atoms with van der Waals surface area (Å²) in [5.74, 6) is -0.717. The quantitative estimate of drug-likeness (QED) is 0.849. The molecule has 0 aromatic heterocycles. The number of rotatable bonds is 5. The van der Waals surface area contributed by atoms with Crippen LogP contribution in [0.3, 0.4) is 0 Å². The van der Waals surface area contributed by atoms with Crippen molar-refractivity contribution >= 4 is 27.3 Å². The maximum absolute atomic E-state index is 12.6. The van der Waals surface area contributed by atoms with E-state index in [9.17, 15) is 18.0 Å². The van der Waals surface area contributed by atoms with E-state index in [0.29, 0.717) is 31.0 Å². The molecular formula is C16H22N2O5S. The molecule has 0 spiro atoms. The van der Waals surface area contributed by atoms with Crippen LogP contribution < -0.4 is 5.32 Å². The summed E-state index contributed by atoms with van der Waals surface area (Å²) in [5, 5.41) is 2.63. The van der Waals surface area contributed by atoms with Crippen LogP contribution in [0.4, 0.5) is 5.69 Å². The van der Waals surface area contributed by atoms with Gasteiger partial charge in [0.2, 0.25) is 5.91 Å². The lowest BCUT2D eigenvalue weighted by molar-refractivity contribution is -0.115. The summed E-state index contributed by atoms with van der Waals surface area (Å²) < 4.78 is 27.5. The van der Waals surface area contributed by atoms with Crippen molar-refractivity contribution < 1.29 is 22.7 Å². The van der Waals surface area contributed by atoms with Crippen LogP contribution in [0.5, 0.6) is 0 Å². The van der Waals surface area contributed by atoms with Gasteiger partial charge in [-0.1, -0.05) is 6.07 Å². The molecule has 1 aliphatic rings. The summed E-state index contributed by atoms with van der Waals surface area (Å²) in [4.78, 5) is 26.1. The molecule has 2 amide bonds. The van der Waals surface area contributed by atoms with E-state index in [1.54, 1.807) is 29.2 Å². The number of hydrogen-bond donors (Lipinski definition) is 1. The van der Waals surface area contributed by atoms with Crippen LogP contribution in [0.1, 0.15) is 23.7 Å². The van der Waals surface area contributed by atoms with E-state index >= 15 is 0 Å².